The summed E-state index contributed by atoms with van der Waals surface area (Å²) in [5.74, 6) is -10.6. The molecule has 0 radical (unpaired) electrons. The minimum absolute atomic E-state index is 0.000254. The SMILES string of the molecule is CCOC(=O)/C=C/C[C@@H](C)[C@H]1ON2C(=O)[C@H](C(C)C)N(C)C(=O)[C@H](CC(C)C)N(C)C(=O)[C@H](CC(C)C)N(C)C(=O)[C@@H](C)NC(=O)[C@H](C)NC(=O)[C@H](CC(C)C)N(C)C(=O)[C@H](C(C)C)NC(=O)[C@H]([C@@H](C)OCCCCN3CCOCC3)N(C)C(=O)[C@@H](C)N(C)C(=O)[C@H](CC)NC(=O)[C@H]12. The molecule has 0 aliphatic carbocycles. The number of hydrogen-bond donors (Lipinski definition) is 4. The van der Waals surface area contributed by atoms with Crippen LogP contribution >= 0.6 is 0 Å². The molecule has 3 aliphatic heterocycles. The van der Waals surface area contributed by atoms with E-state index >= 15 is 24.0 Å². The number of rotatable bonds is 21. The quantitative estimate of drug-likeness (QED) is 0.0729. The van der Waals surface area contributed by atoms with E-state index in [1.165, 1.54) is 93.6 Å². The Bertz CT molecular complexity index is 2740. The summed E-state index contributed by atoms with van der Waals surface area (Å²) in [5.41, 5.74) is 0. The van der Waals surface area contributed by atoms with E-state index in [0.717, 1.165) is 36.0 Å². The van der Waals surface area contributed by atoms with Gasteiger partial charge in [0.25, 0.3) is 5.91 Å². The number of hydroxylamine groups is 2. The Morgan fingerprint density at radius 2 is 1.06 bits per heavy atom. The number of amides is 11. The predicted octanol–water partition coefficient (Wildman–Crippen LogP) is 3.00. The van der Waals surface area contributed by atoms with Gasteiger partial charge >= 0.3 is 5.97 Å². The Balaban J connectivity index is 2.31. The first-order chi connectivity index (χ1) is 45.8. The number of unbranched alkanes of at least 4 members (excludes halogenated alkanes) is 1. The summed E-state index contributed by atoms with van der Waals surface area (Å²) in [6, 6.07) is -14.0. The molecule has 0 saturated carbocycles. The summed E-state index contributed by atoms with van der Waals surface area (Å²) in [4.78, 5) is 192. The number of morpholine rings is 1. The fourth-order valence-electron chi connectivity index (χ4n) is 12.6. The second kappa shape index (κ2) is 39.9. The Labute approximate surface area is 583 Å². The van der Waals surface area contributed by atoms with Crippen LogP contribution in [0.3, 0.4) is 0 Å². The molecule has 0 bridgehead atoms. The van der Waals surface area contributed by atoms with Gasteiger partial charge in [-0.15, -0.1) is 0 Å². The maximum Gasteiger partial charge on any atom is 0.330 e. The number of carbonyl (C=O) groups is 12. The second-order valence-electron chi connectivity index (χ2n) is 28.9. The van der Waals surface area contributed by atoms with Gasteiger partial charge in [-0.3, -0.25) is 62.5 Å². The highest BCUT2D eigenvalue weighted by Gasteiger charge is 2.55. The van der Waals surface area contributed by atoms with Crippen molar-refractivity contribution in [3.8, 4) is 0 Å². The molecule has 0 unspecified atom stereocenters. The Morgan fingerprint density at radius 3 is 1.59 bits per heavy atom. The first kappa shape index (κ1) is 85.4. The van der Waals surface area contributed by atoms with Gasteiger partial charge in [0.1, 0.15) is 66.5 Å². The van der Waals surface area contributed by atoms with E-state index in [4.69, 9.17) is 19.0 Å². The largest absolute Gasteiger partial charge is 0.463 e. The lowest BCUT2D eigenvalue weighted by Gasteiger charge is -2.50. The molecule has 3 fully saturated rings. The van der Waals surface area contributed by atoms with Gasteiger partial charge in [-0.1, -0.05) is 89.2 Å². The maximum absolute atomic E-state index is 15.3. The third-order valence-electron chi connectivity index (χ3n) is 18.8. The van der Waals surface area contributed by atoms with Gasteiger partial charge in [-0.2, -0.15) is 0 Å². The predicted molar refractivity (Wildman–Crippen MR) is 369 cm³/mol. The summed E-state index contributed by atoms with van der Waals surface area (Å²) >= 11 is 0. The number of esters is 1. The molecule has 3 heterocycles. The van der Waals surface area contributed by atoms with Crippen LogP contribution in [0, 0.1) is 35.5 Å². The average molecular weight is 1390 g/mol. The van der Waals surface area contributed by atoms with Gasteiger partial charge in [0.05, 0.1) is 25.9 Å². The molecule has 11 amide bonds. The fourth-order valence-corrected chi connectivity index (χ4v) is 12.6. The van der Waals surface area contributed by atoms with E-state index in [0.29, 0.717) is 19.6 Å². The molecule has 3 rings (SSSR count). The zero-order valence-corrected chi connectivity index (χ0v) is 63.1. The molecular formula is C70H122N12O16. The highest BCUT2D eigenvalue weighted by Crippen LogP contribution is 2.34. The number of allylic oxidation sites excluding steroid dienone is 1. The third kappa shape index (κ3) is 23.4. The van der Waals surface area contributed by atoms with Crippen LogP contribution in [-0.4, -0.2) is 277 Å². The second-order valence-corrected chi connectivity index (χ2v) is 28.9. The van der Waals surface area contributed by atoms with Crippen molar-refractivity contribution in [2.24, 2.45) is 35.5 Å². The molecule has 28 nitrogen and oxygen atoms in total. The Hall–Kier alpha value is -6.78. The lowest BCUT2D eigenvalue weighted by Crippen LogP contribution is -2.72. The number of ether oxygens (including phenoxy) is 3. The highest BCUT2D eigenvalue weighted by molar-refractivity contribution is 6.00. The van der Waals surface area contributed by atoms with Crippen molar-refractivity contribution in [3.05, 3.63) is 12.2 Å². The molecule has 98 heavy (non-hydrogen) atoms. The van der Waals surface area contributed by atoms with E-state index in [2.05, 4.69) is 26.2 Å². The number of fused-ring (bicyclic) bond motifs is 1. The summed E-state index contributed by atoms with van der Waals surface area (Å²) in [6.07, 6.45) is 2.74. The summed E-state index contributed by atoms with van der Waals surface area (Å²) in [5, 5.41) is 12.0. The lowest BCUT2D eigenvalue weighted by molar-refractivity contribution is -0.321. The smallest absolute Gasteiger partial charge is 0.330 e. The van der Waals surface area contributed by atoms with Crippen LogP contribution in [0.1, 0.15) is 163 Å². The molecule has 28 heteroatoms. The number of likely N-dealkylation sites (N-methyl/N-ethyl adjacent to an activating group) is 6. The lowest BCUT2D eigenvalue weighted by atomic mass is 9.89. The van der Waals surface area contributed by atoms with Crippen LogP contribution in [0.15, 0.2) is 12.2 Å². The van der Waals surface area contributed by atoms with Crippen molar-refractivity contribution in [2.75, 3.05) is 88.3 Å². The molecule has 0 aromatic heterocycles. The van der Waals surface area contributed by atoms with Crippen molar-refractivity contribution in [1.82, 2.24) is 60.6 Å². The molecular weight excluding hydrogens is 1260 g/mol. The zero-order valence-electron chi connectivity index (χ0n) is 63.1. The van der Waals surface area contributed by atoms with E-state index in [9.17, 15) is 33.6 Å². The molecule has 0 spiro atoms. The normalized spacial score (nSPS) is 27.9. The van der Waals surface area contributed by atoms with Gasteiger partial charge < -0.3 is 64.9 Å². The van der Waals surface area contributed by atoms with Gasteiger partial charge in [-0.25, -0.2) is 9.86 Å². The van der Waals surface area contributed by atoms with Crippen LogP contribution in [0.2, 0.25) is 0 Å². The number of nitrogens with zero attached hydrogens (tertiary/aromatic N) is 8. The Kier molecular flexibility index (Phi) is 34.8. The first-order valence-corrected chi connectivity index (χ1v) is 35.3. The monoisotopic (exact) mass is 1390 g/mol. The third-order valence-corrected chi connectivity index (χ3v) is 18.8. The number of nitrogens with one attached hydrogen (secondary N) is 4. The summed E-state index contributed by atoms with van der Waals surface area (Å²) in [7, 11) is 8.53. The van der Waals surface area contributed by atoms with E-state index in [1.807, 2.05) is 41.5 Å². The van der Waals surface area contributed by atoms with Crippen LogP contribution in [0.25, 0.3) is 0 Å². The van der Waals surface area contributed by atoms with Crippen LogP contribution in [0.5, 0.6) is 0 Å². The van der Waals surface area contributed by atoms with Gasteiger partial charge in [0, 0.05) is 68.1 Å². The zero-order chi connectivity index (χ0) is 74.5. The van der Waals surface area contributed by atoms with Gasteiger partial charge in [0.2, 0.25) is 59.1 Å². The molecule has 3 aliphatic rings. The van der Waals surface area contributed by atoms with Crippen LogP contribution < -0.4 is 21.3 Å². The topological polar surface area (TPSA) is 316 Å². The van der Waals surface area contributed by atoms with Crippen molar-refractivity contribution >= 4 is 70.9 Å². The van der Waals surface area contributed by atoms with Crippen molar-refractivity contribution < 1.29 is 76.6 Å². The first-order valence-electron chi connectivity index (χ1n) is 35.3. The number of carbonyl (C=O) groups excluding carboxylic acids is 12. The summed E-state index contributed by atoms with van der Waals surface area (Å²) < 4.78 is 16.9. The van der Waals surface area contributed by atoms with Crippen molar-refractivity contribution in [1.29, 1.82) is 0 Å². The molecule has 14 atom stereocenters. The minimum Gasteiger partial charge on any atom is -0.463 e. The van der Waals surface area contributed by atoms with Gasteiger partial charge in [-0.05, 0) is 122 Å². The molecule has 0 aromatic carbocycles. The molecule has 0 aromatic rings. The van der Waals surface area contributed by atoms with Crippen LogP contribution in [0.4, 0.5) is 0 Å². The molecule has 3 saturated heterocycles. The van der Waals surface area contributed by atoms with E-state index in [-0.39, 0.29) is 63.1 Å². The fraction of sp³-hybridized carbons (Fsp3) is 0.800. The van der Waals surface area contributed by atoms with E-state index < -0.39 is 167 Å². The highest BCUT2D eigenvalue weighted by atomic mass is 16.7. The molecule has 558 valence electrons. The average Bonchev–Trinajstić information content (AvgIpc) is 0.754. The van der Waals surface area contributed by atoms with Crippen molar-refractivity contribution in [2.45, 2.75) is 241 Å². The van der Waals surface area contributed by atoms with E-state index in [1.54, 1.807) is 61.5 Å². The Morgan fingerprint density at radius 1 is 0.541 bits per heavy atom. The van der Waals surface area contributed by atoms with Crippen molar-refractivity contribution in [3.63, 3.8) is 0 Å². The van der Waals surface area contributed by atoms with Crippen LogP contribution in [-0.2, 0) is 76.6 Å². The maximum atomic E-state index is 15.3. The van der Waals surface area contributed by atoms with Gasteiger partial charge in [0.15, 0.2) is 6.04 Å². The number of hydrogen-bond acceptors (Lipinski definition) is 17. The summed E-state index contributed by atoms with van der Waals surface area (Å²) in [6.45, 7) is 33.1. The molecule has 4 N–H and O–H groups in total. The standard InChI is InChI=1S/C70H122N12O16/c1-24-50-66(90)75(18)48(16)65(89)80(23)57(49(17)97-34-27-26-31-81-32-35-95-36-33-81)62(86)74-55(43(9)10)69(93)76(19)51(37-40(3)4)61(85)71-46(14)60(84)72-47(15)64(88)77(20)52(38-41(5)6)67(91)78(21)53(39-42(7)8)68(92)79(22)56(44(11)12)70(94)82-58(63(87)73-50)59(98-82)45(13)29-28-30-54(83)96-25-2/h28,30,40-53,55-59H,24-27,29,31-39H2,1-23H3,(H,71,85)(H,72,84)(H,73,87)(H,74,86)/b30-28+/t45-,46+,47-,48-,49-,50+,51+,52+,53+,55+,56+,57+,58+,59-/m1/s1. The minimum atomic E-state index is -1.41.